The minimum Gasteiger partial charge on any atom is -0.357 e. The Bertz CT molecular complexity index is 500. The van der Waals surface area contributed by atoms with Crippen LogP contribution in [-0.2, 0) is 10.0 Å². The van der Waals surface area contributed by atoms with Gasteiger partial charge in [0.05, 0.1) is 12.4 Å². The molecule has 7 heteroatoms. The second-order valence-corrected chi connectivity index (χ2v) is 6.34. The summed E-state index contributed by atoms with van der Waals surface area (Å²) >= 11 is 0. The van der Waals surface area contributed by atoms with Gasteiger partial charge in [-0.15, -0.1) is 0 Å². The highest BCUT2D eigenvalue weighted by atomic mass is 32.2. The van der Waals surface area contributed by atoms with Crippen molar-refractivity contribution in [3.05, 3.63) is 12.4 Å². The summed E-state index contributed by atoms with van der Waals surface area (Å²) in [5.74, 6) is 0.792. The largest absolute Gasteiger partial charge is 0.357 e. The van der Waals surface area contributed by atoms with Gasteiger partial charge in [-0.25, -0.2) is 23.1 Å². The van der Waals surface area contributed by atoms with E-state index < -0.39 is 10.0 Å². The normalized spacial score (nSPS) is 24.1. The zero-order chi connectivity index (χ0) is 13.2. The summed E-state index contributed by atoms with van der Waals surface area (Å²) < 4.78 is 27.0. The van der Waals surface area contributed by atoms with E-state index in [2.05, 4.69) is 26.9 Å². The molecule has 1 saturated carbocycles. The smallest absolute Gasteiger partial charge is 0.243 e. The summed E-state index contributed by atoms with van der Waals surface area (Å²) in [6, 6.07) is 0.0268. The van der Waals surface area contributed by atoms with Crippen molar-refractivity contribution in [3.63, 3.8) is 0 Å². The molecule has 1 heterocycles. The number of rotatable bonds is 4. The van der Waals surface area contributed by atoms with Crippen LogP contribution in [-0.4, -0.2) is 31.5 Å². The van der Waals surface area contributed by atoms with Crippen molar-refractivity contribution in [2.45, 2.75) is 37.1 Å². The molecule has 1 aliphatic rings. The van der Waals surface area contributed by atoms with E-state index in [0.29, 0.717) is 11.9 Å². The van der Waals surface area contributed by atoms with Gasteiger partial charge >= 0.3 is 0 Å². The van der Waals surface area contributed by atoms with E-state index in [-0.39, 0.29) is 10.9 Å². The summed E-state index contributed by atoms with van der Waals surface area (Å²) in [5.41, 5.74) is 0. The van der Waals surface area contributed by atoms with Crippen molar-refractivity contribution in [3.8, 4) is 0 Å². The molecule has 0 aromatic carbocycles. The predicted octanol–water partition coefficient (Wildman–Crippen LogP) is 0.985. The molecule has 1 aromatic heterocycles. The molecule has 2 unspecified atom stereocenters. The molecule has 18 heavy (non-hydrogen) atoms. The van der Waals surface area contributed by atoms with Crippen LogP contribution in [0, 0.1) is 5.92 Å². The first-order valence-corrected chi connectivity index (χ1v) is 7.53. The highest BCUT2D eigenvalue weighted by molar-refractivity contribution is 7.89. The van der Waals surface area contributed by atoms with Gasteiger partial charge < -0.3 is 5.32 Å². The Balaban J connectivity index is 2.14. The summed E-state index contributed by atoms with van der Waals surface area (Å²) in [6.07, 6.45) is 5.68. The molecule has 0 spiro atoms. The highest BCUT2D eigenvalue weighted by Gasteiger charge is 2.28. The van der Waals surface area contributed by atoms with Gasteiger partial charge in [0.15, 0.2) is 0 Å². The van der Waals surface area contributed by atoms with Gasteiger partial charge in [0.2, 0.25) is 16.0 Å². The molecule has 1 aromatic rings. The standard InChI is InChI=1S/C11H18N4O2S/c1-8-4-3-5-10(8)15-18(16,17)9-6-13-11(12-2)14-7-9/h6-8,10,15H,3-5H2,1-2H3,(H,12,13,14). The second-order valence-electron chi connectivity index (χ2n) is 4.63. The molecule has 2 atom stereocenters. The van der Waals surface area contributed by atoms with Crippen molar-refractivity contribution >= 4 is 16.0 Å². The van der Waals surface area contributed by atoms with Gasteiger partial charge in [0, 0.05) is 13.1 Å². The van der Waals surface area contributed by atoms with Crippen molar-refractivity contribution < 1.29 is 8.42 Å². The van der Waals surface area contributed by atoms with Gasteiger partial charge in [0.1, 0.15) is 4.90 Å². The molecular formula is C11H18N4O2S. The molecule has 6 nitrogen and oxygen atoms in total. The Hall–Kier alpha value is -1.21. The number of nitrogens with zero attached hydrogens (tertiary/aromatic N) is 2. The molecule has 0 saturated heterocycles. The number of sulfonamides is 1. The van der Waals surface area contributed by atoms with Crippen LogP contribution < -0.4 is 10.0 Å². The number of hydrogen-bond donors (Lipinski definition) is 2. The van der Waals surface area contributed by atoms with Gasteiger partial charge in [-0.05, 0) is 18.8 Å². The molecule has 2 N–H and O–H groups in total. The molecule has 2 rings (SSSR count). The SMILES string of the molecule is CNc1ncc(S(=O)(=O)NC2CCCC2C)cn1. The number of anilines is 1. The monoisotopic (exact) mass is 270 g/mol. The van der Waals surface area contributed by atoms with E-state index in [4.69, 9.17) is 0 Å². The fourth-order valence-electron chi connectivity index (χ4n) is 2.17. The Kier molecular flexibility index (Phi) is 3.82. The summed E-state index contributed by atoms with van der Waals surface area (Å²) in [4.78, 5) is 7.94. The Morgan fingerprint density at radius 1 is 1.28 bits per heavy atom. The molecule has 100 valence electrons. The van der Waals surface area contributed by atoms with Gasteiger partial charge in [0.25, 0.3) is 0 Å². The van der Waals surface area contributed by atoms with Crippen LogP contribution in [0.5, 0.6) is 0 Å². The van der Waals surface area contributed by atoms with E-state index in [0.717, 1.165) is 19.3 Å². The Labute approximate surface area is 107 Å². The molecule has 1 fully saturated rings. The van der Waals surface area contributed by atoms with Gasteiger partial charge in [-0.3, -0.25) is 0 Å². The van der Waals surface area contributed by atoms with Crippen molar-refractivity contribution in [2.75, 3.05) is 12.4 Å². The average molecular weight is 270 g/mol. The second kappa shape index (κ2) is 5.19. The van der Waals surface area contributed by atoms with E-state index in [1.807, 2.05) is 0 Å². The van der Waals surface area contributed by atoms with E-state index >= 15 is 0 Å². The van der Waals surface area contributed by atoms with Crippen LogP contribution in [0.4, 0.5) is 5.95 Å². The lowest BCUT2D eigenvalue weighted by atomic mass is 10.1. The number of hydrogen-bond acceptors (Lipinski definition) is 5. The number of aromatic nitrogens is 2. The molecule has 1 aliphatic carbocycles. The van der Waals surface area contributed by atoms with Crippen LogP contribution in [0.15, 0.2) is 17.3 Å². The lowest BCUT2D eigenvalue weighted by Crippen LogP contribution is -2.36. The minimum atomic E-state index is -3.50. The number of nitrogens with one attached hydrogen (secondary N) is 2. The van der Waals surface area contributed by atoms with Crippen molar-refractivity contribution in [2.24, 2.45) is 5.92 Å². The van der Waals surface area contributed by atoms with Crippen LogP contribution in [0.3, 0.4) is 0 Å². The summed E-state index contributed by atoms with van der Waals surface area (Å²) in [5, 5.41) is 2.75. The topological polar surface area (TPSA) is 84.0 Å². The van der Waals surface area contributed by atoms with Crippen LogP contribution >= 0.6 is 0 Å². The highest BCUT2D eigenvalue weighted by Crippen LogP contribution is 2.26. The maximum absolute atomic E-state index is 12.1. The molecule has 0 bridgehead atoms. The zero-order valence-electron chi connectivity index (χ0n) is 10.5. The molecule has 0 radical (unpaired) electrons. The average Bonchev–Trinajstić information content (AvgIpc) is 2.74. The van der Waals surface area contributed by atoms with Crippen molar-refractivity contribution in [1.29, 1.82) is 0 Å². The fourth-order valence-corrected chi connectivity index (χ4v) is 3.44. The predicted molar refractivity (Wildman–Crippen MR) is 68.7 cm³/mol. The quantitative estimate of drug-likeness (QED) is 0.852. The van der Waals surface area contributed by atoms with Crippen LogP contribution in [0.2, 0.25) is 0 Å². The molecule has 0 amide bonds. The maximum Gasteiger partial charge on any atom is 0.243 e. The third-order valence-electron chi connectivity index (χ3n) is 3.33. The fraction of sp³-hybridized carbons (Fsp3) is 0.636. The molecule has 0 aliphatic heterocycles. The van der Waals surface area contributed by atoms with E-state index in [9.17, 15) is 8.42 Å². The minimum absolute atomic E-state index is 0.0268. The summed E-state index contributed by atoms with van der Waals surface area (Å²) in [6.45, 7) is 2.07. The van der Waals surface area contributed by atoms with Crippen molar-refractivity contribution in [1.82, 2.24) is 14.7 Å². The van der Waals surface area contributed by atoms with Crippen LogP contribution in [0.25, 0.3) is 0 Å². The van der Waals surface area contributed by atoms with Gasteiger partial charge in [-0.1, -0.05) is 13.3 Å². The van der Waals surface area contributed by atoms with E-state index in [1.165, 1.54) is 12.4 Å². The van der Waals surface area contributed by atoms with Crippen LogP contribution in [0.1, 0.15) is 26.2 Å². The lowest BCUT2D eigenvalue weighted by Gasteiger charge is -2.17. The Morgan fingerprint density at radius 2 is 1.94 bits per heavy atom. The third-order valence-corrected chi connectivity index (χ3v) is 4.77. The van der Waals surface area contributed by atoms with E-state index in [1.54, 1.807) is 7.05 Å². The maximum atomic E-state index is 12.1. The van der Waals surface area contributed by atoms with Gasteiger partial charge in [-0.2, -0.15) is 0 Å². The first kappa shape index (κ1) is 13.2. The summed E-state index contributed by atoms with van der Waals surface area (Å²) in [7, 11) is -1.82. The third kappa shape index (κ3) is 2.78. The lowest BCUT2D eigenvalue weighted by molar-refractivity contribution is 0.476. The first-order valence-electron chi connectivity index (χ1n) is 6.05. The molecular weight excluding hydrogens is 252 g/mol. The first-order chi connectivity index (χ1) is 8.53. The zero-order valence-corrected chi connectivity index (χ0v) is 11.4. The Morgan fingerprint density at radius 3 is 2.44 bits per heavy atom.